The van der Waals surface area contributed by atoms with Crippen LogP contribution in [0, 0.1) is 0 Å². The highest BCUT2D eigenvalue weighted by atomic mass is 32.2. The molecule has 0 unspecified atom stereocenters. The van der Waals surface area contributed by atoms with Gasteiger partial charge in [0.15, 0.2) is 0 Å². The molecule has 3 rings (SSSR count). The van der Waals surface area contributed by atoms with E-state index in [1.165, 1.54) is 23.5 Å². The minimum atomic E-state index is -3.59. The van der Waals surface area contributed by atoms with Crippen molar-refractivity contribution >= 4 is 27.6 Å². The fourth-order valence-corrected chi connectivity index (χ4v) is 4.86. The third-order valence-electron chi connectivity index (χ3n) is 5.22. The Balaban J connectivity index is 1.61. The van der Waals surface area contributed by atoms with Crippen molar-refractivity contribution in [3.8, 4) is 0 Å². The number of hydrogen-bond donors (Lipinski definition) is 1. The molecule has 2 aromatic rings. The van der Waals surface area contributed by atoms with Gasteiger partial charge in [-0.2, -0.15) is 4.31 Å². The first kappa shape index (κ1) is 24.8. The third-order valence-corrected chi connectivity index (χ3v) is 7.13. The summed E-state index contributed by atoms with van der Waals surface area (Å²) in [5, 5.41) is 2.79. The molecule has 33 heavy (non-hydrogen) atoms. The fraction of sp³-hybridized carbons (Fsp3) is 0.391. The lowest BCUT2D eigenvalue weighted by Gasteiger charge is -2.26. The maximum Gasteiger partial charge on any atom is 0.306 e. The summed E-state index contributed by atoms with van der Waals surface area (Å²) in [4.78, 5) is 26.2. The minimum Gasteiger partial charge on any atom is -0.469 e. The molecule has 1 fully saturated rings. The number of rotatable bonds is 10. The van der Waals surface area contributed by atoms with Gasteiger partial charge < -0.3 is 14.8 Å². The van der Waals surface area contributed by atoms with E-state index in [-0.39, 0.29) is 29.7 Å². The van der Waals surface area contributed by atoms with Crippen LogP contribution in [-0.4, -0.2) is 76.0 Å². The molecule has 0 atom stereocenters. The summed E-state index contributed by atoms with van der Waals surface area (Å²) >= 11 is 0. The summed E-state index contributed by atoms with van der Waals surface area (Å²) in [7, 11) is -2.26. The maximum absolute atomic E-state index is 12.7. The van der Waals surface area contributed by atoms with E-state index < -0.39 is 10.0 Å². The molecular formula is C23H29N3O6S. The Labute approximate surface area is 194 Å². The van der Waals surface area contributed by atoms with Gasteiger partial charge in [-0.3, -0.25) is 14.5 Å². The summed E-state index contributed by atoms with van der Waals surface area (Å²) < 4.78 is 36.8. The van der Waals surface area contributed by atoms with Gasteiger partial charge in [0.25, 0.3) is 0 Å². The van der Waals surface area contributed by atoms with Crippen molar-refractivity contribution < 1.29 is 27.5 Å². The van der Waals surface area contributed by atoms with Crippen LogP contribution in [0.15, 0.2) is 59.5 Å². The van der Waals surface area contributed by atoms with E-state index >= 15 is 0 Å². The van der Waals surface area contributed by atoms with Crippen LogP contribution in [0.5, 0.6) is 0 Å². The number of anilines is 1. The van der Waals surface area contributed by atoms with Crippen LogP contribution in [-0.2, 0) is 35.6 Å². The number of methoxy groups -OCH3 is 1. The van der Waals surface area contributed by atoms with Crippen molar-refractivity contribution in [3.05, 3.63) is 60.2 Å². The molecule has 1 aliphatic rings. The highest BCUT2D eigenvalue weighted by Gasteiger charge is 2.26. The molecule has 0 saturated carbocycles. The zero-order chi connectivity index (χ0) is 23.7. The first-order valence-electron chi connectivity index (χ1n) is 10.7. The molecule has 9 nitrogen and oxygen atoms in total. The average molecular weight is 476 g/mol. The van der Waals surface area contributed by atoms with Crippen molar-refractivity contribution in [3.63, 3.8) is 0 Å². The average Bonchev–Trinajstić information content (AvgIpc) is 2.83. The highest BCUT2D eigenvalue weighted by molar-refractivity contribution is 7.89. The molecular weight excluding hydrogens is 446 g/mol. The fourth-order valence-electron chi connectivity index (χ4n) is 3.46. The van der Waals surface area contributed by atoms with Gasteiger partial charge in [-0.05, 0) is 29.8 Å². The predicted molar refractivity (Wildman–Crippen MR) is 123 cm³/mol. The van der Waals surface area contributed by atoms with E-state index in [0.717, 1.165) is 5.56 Å². The highest BCUT2D eigenvalue weighted by Crippen LogP contribution is 2.19. The third kappa shape index (κ3) is 7.36. The number of sulfonamides is 1. The molecule has 0 aliphatic carbocycles. The molecule has 2 aromatic carbocycles. The van der Waals surface area contributed by atoms with Crippen LogP contribution < -0.4 is 5.32 Å². The molecule has 1 amide bonds. The van der Waals surface area contributed by atoms with E-state index in [4.69, 9.17) is 9.47 Å². The quantitative estimate of drug-likeness (QED) is 0.522. The van der Waals surface area contributed by atoms with E-state index in [0.29, 0.717) is 45.1 Å². The van der Waals surface area contributed by atoms with Crippen molar-refractivity contribution in [1.29, 1.82) is 0 Å². The van der Waals surface area contributed by atoms with Crippen molar-refractivity contribution in [2.24, 2.45) is 0 Å². The van der Waals surface area contributed by atoms with Crippen molar-refractivity contribution in [2.75, 3.05) is 51.8 Å². The Kier molecular flexibility index (Phi) is 8.95. The van der Waals surface area contributed by atoms with Gasteiger partial charge in [-0.1, -0.05) is 30.3 Å². The van der Waals surface area contributed by atoms with Crippen LogP contribution in [0.3, 0.4) is 0 Å². The van der Waals surface area contributed by atoms with E-state index in [2.05, 4.69) is 5.32 Å². The Morgan fingerprint density at radius 3 is 2.36 bits per heavy atom. The number of morpholine rings is 1. The first-order chi connectivity index (χ1) is 15.9. The lowest BCUT2D eigenvalue weighted by Crippen LogP contribution is -2.40. The smallest absolute Gasteiger partial charge is 0.306 e. The largest absolute Gasteiger partial charge is 0.469 e. The van der Waals surface area contributed by atoms with E-state index in [1.54, 1.807) is 12.1 Å². The Morgan fingerprint density at radius 1 is 1.06 bits per heavy atom. The molecule has 1 aliphatic heterocycles. The van der Waals surface area contributed by atoms with Crippen LogP contribution in [0.25, 0.3) is 0 Å². The van der Waals surface area contributed by atoms with Gasteiger partial charge in [-0.15, -0.1) is 0 Å². The van der Waals surface area contributed by atoms with Gasteiger partial charge in [-0.25, -0.2) is 8.42 Å². The second kappa shape index (κ2) is 11.9. The van der Waals surface area contributed by atoms with Crippen LogP contribution in [0.2, 0.25) is 0 Å². The lowest BCUT2D eigenvalue weighted by molar-refractivity contribution is -0.141. The topological polar surface area (TPSA) is 105 Å². The second-order valence-corrected chi connectivity index (χ2v) is 9.55. The van der Waals surface area contributed by atoms with Gasteiger partial charge >= 0.3 is 5.97 Å². The van der Waals surface area contributed by atoms with Gasteiger partial charge in [0.05, 0.1) is 38.2 Å². The van der Waals surface area contributed by atoms with Crippen molar-refractivity contribution in [1.82, 2.24) is 9.21 Å². The van der Waals surface area contributed by atoms with Crippen LogP contribution in [0.1, 0.15) is 12.0 Å². The van der Waals surface area contributed by atoms with Crippen LogP contribution >= 0.6 is 0 Å². The number of carbonyl (C=O) groups is 2. The number of esters is 1. The molecule has 178 valence electrons. The lowest BCUT2D eigenvalue weighted by atomic mass is 10.2. The molecule has 0 bridgehead atoms. The Hall–Kier alpha value is -2.79. The number of nitrogens with one attached hydrogen (secondary N) is 1. The zero-order valence-electron chi connectivity index (χ0n) is 18.6. The van der Waals surface area contributed by atoms with Gasteiger partial charge in [0.2, 0.25) is 15.9 Å². The number of benzene rings is 2. The van der Waals surface area contributed by atoms with E-state index in [1.807, 2.05) is 35.2 Å². The Bertz CT molecular complexity index is 1020. The molecule has 1 saturated heterocycles. The molecule has 0 aromatic heterocycles. The molecule has 0 spiro atoms. The van der Waals surface area contributed by atoms with Gasteiger partial charge in [0, 0.05) is 31.9 Å². The Morgan fingerprint density at radius 2 is 1.73 bits per heavy atom. The predicted octanol–water partition coefficient (Wildman–Crippen LogP) is 1.71. The maximum atomic E-state index is 12.7. The number of ether oxygens (including phenoxy) is 2. The number of amides is 1. The second-order valence-electron chi connectivity index (χ2n) is 7.61. The number of nitrogens with zero attached hydrogens (tertiary/aromatic N) is 2. The SMILES string of the molecule is COC(=O)CCN(CC(=O)Nc1ccc(S(=O)(=O)N2CCOCC2)cc1)Cc1ccccc1. The van der Waals surface area contributed by atoms with Gasteiger partial charge in [0.1, 0.15) is 0 Å². The van der Waals surface area contributed by atoms with E-state index in [9.17, 15) is 18.0 Å². The summed E-state index contributed by atoms with van der Waals surface area (Å²) in [6.45, 7) is 2.34. The van der Waals surface area contributed by atoms with Crippen LogP contribution in [0.4, 0.5) is 5.69 Å². The molecule has 0 radical (unpaired) electrons. The summed E-state index contributed by atoms with van der Waals surface area (Å²) in [6, 6.07) is 15.8. The normalized spacial score (nSPS) is 14.7. The number of carbonyl (C=O) groups excluding carboxylic acids is 2. The summed E-state index contributed by atoms with van der Waals surface area (Å²) in [5.74, 6) is -0.606. The minimum absolute atomic E-state index is 0.0692. The monoisotopic (exact) mass is 475 g/mol. The summed E-state index contributed by atoms with van der Waals surface area (Å²) in [5.41, 5.74) is 1.52. The molecule has 1 heterocycles. The zero-order valence-corrected chi connectivity index (χ0v) is 19.4. The first-order valence-corrected chi connectivity index (χ1v) is 12.1. The van der Waals surface area contributed by atoms with Crippen molar-refractivity contribution in [2.45, 2.75) is 17.9 Å². The standard InChI is InChI=1S/C23H29N3O6S/c1-31-23(28)11-12-25(17-19-5-3-2-4-6-19)18-22(27)24-20-7-9-21(10-8-20)33(29,30)26-13-15-32-16-14-26/h2-10H,11-18H2,1H3,(H,24,27). The number of hydrogen-bond acceptors (Lipinski definition) is 7. The molecule has 1 N–H and O–H groups in total. The summed E-state index contributed by atoms with van der Waals surface area (Å²) in [6.07, 6.45) is 0.171. The molecule has 10 heteroatoms.